The number of H-pyrrole nitrogens is 2. The Hall–Kier alpha value is -2.41. The first kappa shape index (κ1) is 10.1. The van der Waals surface area contributed by atoms with Gasteiger partial charge in [0, 0.05) is 5.56 Å². The summed E-state index contributed by atoms with van der Waals surface area (Å²) in [5.74, 6) is -0.719. The lowest BCUT2D eigenvalue weighted by Crippen LogP contribution is -2.23. The second kappa shape index (κ2) is 3.63. The average Bonchev–Trinajstić information content (AvgIpc) is 2.27. The third-order valence-electron chi connectivity index (χ3n) is 2.10. The van der Waals surface area contributed by atoms with E-state index in [9.17, 15) is 14.4 Å². The normalized spacial score (nSPS) is 10.3. The molecule has 1 aromatic heterocycles. The Kier molecular flexibility index (Phi) is 2.29. The van der Waals surface area contributed by atoms with Gasteiger partial charge in [0.2, 0.25) is 0 Å². The lowest BCUT2D eigenvalue weighted by molar-refractivity contribution is 0.0706. The van der Waals surface area contributed by atoms with Gasteiger partial charge in [0.05, 0.1) is 10.9 Å². The summed E-state index contributed by atoms with van der Waals surface area (Å²) in [4.78, 5) is 37.8. The third-order valence-corrected chi connectivity index (χ3v) is 2.10. The number of hydroxylamine groups is 1. The molecular formula is C9H7N3O4. The van der Waals surface area contributed by atoms with Crippen LogP contribution >= 0.6 is 0 Å². The van der Waals surface area contributed by atoms with E-state index in [0.717, 1.165) is 0 Å². The van der Waals surface area contributed by atoms with Crippen molar-refractivity contribution in [2.75, 3.05) is 0 Å². The number of carbonyl (C=O) groups is 1. The fourth-order valence-electron chi connectivity index (χ4n) is 1.38. The van der Waals surface area contributed by atoms with Crippen LogP contribution in [0.4, 0.5) is 0 Å². The van der Waals surface area contributed by atoms with Gasteiger partial charge in [-0.15, -0.1) is 0 Å². The van der Waals surface area contributed by atoms with E-state index in [1.165, 1.54) is 23.7 Å². The van der Waals surface area contributed by atoms with Gasteiger partial charge in [0.25, 0.3) is 11.5 Å². The number of nitrogens with one attached hydrogen (secondary N) is 3. The maximum atomic E-state index is 11.3. The molecule has 4 N–H and O–H groups in total. The zero-order valence-corrected chi connectivity index (χ0v) is 7.90. The molecule has 1 amide bonds. The van der Waals surface area contributed by atoms with Gasteiger partial charge in [-0.3, -0.25) is 19.8 Å². The Morgan fingerprint density at radius 3 is 2.69 bits per heavy atom. The first-order chi connectivity index (χ1) is 7.61. The molecule has 0 aliphatic heterocycles. The first-order valence-electron chi connectivity index (χ1n) is 4.32. The predicted molar refractivity (Wildman–Crippen MR) is 54.4 cm³/mol. The monoisotopic (exact) mass is 221 g/mol. The van der Waals surface area contributed by atoms with Crippen molar-refractivity contribution in [3.05, 3.63) is 44.6 Å². The number of aromatic nitrogens is 2. The summed E-state index contributed by atoms with van der Waals surface area (Å²) < 4.78 is 0. The number of fused-ring (bicyclic) bond motifs is 1. The molecule has 0 aliphatic rings. The van der Waals surface area contributed by atoms with Crippen molar-refractivity contribution in [1.82, 2.24) is 15.4 Å². The molecule has 82 valence electrons. The molecule has 2 rings (SSSR count). The van der Waals surface area contributed by atoms with Crippen LogP contribution in [0.15, 0.2) is 27.8 Å². The molecule has 0 fully saturated rings. The minimum Gasteiger partial charge on any atom is -0.307 e. The molecule has 0 saturated heterocycles. The lowest BCUT2D eigenvalue weighted by Gasteiger charge is -2.00. The number of rotatable bonds is 1. The summed E-state index contributed by atoms with van der Waals surface area (Å²) in [6.07, 6.45) is 0. The van der Waals surface area contributed by atoms with Crippen LogP contribution in [0.3, 0.4) is 0 Å². The third kappa shape index (κ3) is 1.59. The molecule has 0 aliphatic carbocycles. The molecular weight excluding hydrogens is 214 g/mol. The van der Waals surface area contributed by atoms with Gasteiger partial charge in [0.1, 0.15) is 0 Å². The average molecular weight is 221 g/mol. The van der Waals surface area contributed by atoms with Gasteiger partial charge in [-0.25, -0.2) is 10.3 Å². The van der Waals surface area contributed by atoms with E-state index >= 15 is 0 Å². The zero-order valence-electron chi connectivity index (χ0n) is 7.90. The summed E-state index contributed by atoms with van der Waals surface area (Å²) in [7, 11) is 0. The Balaban J connectivity index is 2.76. The molecule has 0 atom stereocenters. The molecule has 7 heteroatoms. The van der Waals surface area contributed by atoms with E-state index in [1.807, 2.05) is 0 Å². The molecule has 7 nitrogen and oxygen atoms in total. The molecule has 0 radical (unpaired) electrons. The molecule has 16 heavy (non-hydrogen) atoms. The van der Waals surface area contributed by atoms with E-state index in [1.54, 1.807) is 0 Å². The van der Waals surface area contributed by atoms with Crippen LogP contribution in [0.1, 0.15) is 10.4 Å². The maximum absolute atomic E-state index is 11.3. The van der Waals surface area contributed by atoms with Gasteiger partial charge < -0.3 is 4.98 Å². The van der Waals surface area contributed by atoms with Crippen LogP contribution in [-0.2, 0) is 0 Å². The summed E-state index contributed by atoms with van der Waals surface area (Å²) in [6.45, 7) is 0. The maximum Gasteiger partial charge on any atom is 0.326 e. The van der Waals surface area contributed by atoms with Gasteiger partial charge in [-0.2, -0.15) is 0 Å². The highest BCUT2D eigenvalue weighted by molar-refractivity contribution is 5.96. The summed E-state index contributed by atoms with van der Waals surface area (Å²) >= 11 is 0. The van der Waals surface area contributed by atoms with Crippen LogP contribution in [-0.4, -0.2) is 21.1 Å². The van der Waals surface area contributed by atoms with Crippen molar-refractivity contribution in [2.45, 2.75) is 0 Å². The second-order valence-corrected chi connectivity index (χ2v) is 3.11. The van der Waals surface area contributed by atoms with E-state index in [-0.39, 0.29) is 16.5 Å². The summed E-state index contributed by atoms with van der Waals surface area (Å²) in [6, 6.07) is 4.05. The minimum absolute atomic E-state index is 0.135. The van der Waals surface area contributed by atoms with Crippen molar-refractivity contribution in [3.63, 3.8) is 0 Å². The van der Waals surface area contributed by atoms with E-state index in [4.69, 9.17) is 5.21 Å². The summed E-state index contributed by atoms with van der Waals surface area (Å²) in [5, 5.41) is 8.69. The SMILES string of the molecule is O=C(NO)c1ccc2c(=O)[nH]c(=O)[nH]c2c1. The molecule has 0 unspecified atom stereocenters. The molecule has 2 aromatic rings. The second-order valence-electron chi connectivity index (χ2n) is 3.11. The number of carbonyl (C=O) groups excluding carboxylic acids is 1. The largest absolute Gasteiger partial charge is 0.326 e. The Morgan fingerprint density at radius 1 is 1.25 bits per heavy atom. The zero-order chi connectivity index (χ0) is 11.7. The van der Waals surface area contributed by atoms with Crippen molar-refractivity contribution >= 4 is 16.8 Å². The van der Waals surface area contributed by atoms with Crippen molar-refractivity contribution in [3.8, 4) is 0 Å². The minimum atomic E-state index is -0.719. The molecule has 0 spiro atoms. The van der Waals surface area contributed by atoms with E-state index in [0.29, 0.717) is 0 Å². The topological polar surface area (TPSA) is 115 Å². The van der Waals surface area contributed by atoms with Crippen LogP contribution in [0.2, 0.25) is 0 Å². The summed E-state index contributed by atoms with van der Waals surface area (Å²) in [5.41, 5.74) is 0.639. The van der Waals surface area contributed by atoms with Crippen LogP contribution in [0.5, 0.6) is 0 Å². The fourth-order valence-corrected chi connectivity index (χ4v) is 1.38. The van der Waals surface area contributed by atoms with Crippen molar-refractivity contribution in [2.24, 2.45) is 0 Å². The predicted octanol–water partition coefficient (Wildman–Crippen LogP) is -0.665. The Bertz CT molecular complexity index is 670. The number of benzene rings is 1. The Labute approximate surface area is 87.7 Å². The van der Waals surface area contributed by atoms with E-state index < -0.39 is 17.2 Å². The smallest absolute Gasteiger partial charge is 0.307 e. The Morgan fingerprint density at radius 2 is 2.00 bits per heavy atom. The highest BCUT2D eigenvalue weighted by Gasteiger charge is 2.07. The van der Waals surface area contributed by atoms with Gasteiger partial charge in [-0.1, -0.05) is 0 Å². The molecule has 0 bridgehead atoms. The van der Waals surface area contributed by atoms with Crippen molar-refractivity contribution < 1.29 is 10.0 Å². The molecule has 0 saturated carbocycles. The quantitative estimate of drug-likeness (QED) is 0.377. The number of amides is 1. The van der Waals surface area contributed by atoms with Gasteiger partial charge in [-0.05, 0) is 18.2 Å². The first-order valence-corrected chi connectivity index (χ1v) is 4.32. The number of hydrogen-bond acceptors (Lipinski definition) is 4. The fraction of sp³-hybridized carbons (Fsp3) is 0. The van der Waals surface area contributed by atoms with Gasteiger partial charge in [0.15, 0.2) is 0 Å². The van der Waals surface area contributed by atoms with Crippen LogP contribution in [0, 0.1) is 0 Å². The number of hydrogen-bond donors (Lipinski definition) is 4. The number of aromatic amines is 2. The highest BCUT2D eigenvalue weighted by atomic mass is 16.5. The van der Waals surface area contributed by atoms with Crippen molar-refractivity contribution in [1.29, 1.82) is 0 Å². The van der Waals surface area contributed by atoms with E-state index in [2.05, 4.69) is 9.97 Å². The standard InChI is InChI=1S/C9H7N3O4/c13-7(12-16)4-1-2-5-6(3-4)10-9(15)11-8(5)14/h1-3,16H,(H,12,13)(H2,10,11,14,15). The van der Waals surface area contributed by atoms with Gasteiger partial charge >= 0.3 is 5.69 Å². The lowest BCUT2D eigenvalue weighted by atomic mass is 10.1. The van der Waals surface area contributed by atoms with Crippen LogP contribution < -0.4 is 16.7 Å². The molecule has 1 heterocycles. The molecule has 1 aromatic carbocycles. The van der Waals surface area contributed by atoms with Crippen LogP contribution in [0.25, 0.3) is 10.9 Å². The highest BCUT2D eigenvalue weighted by Crippen LogP contribution is 2.08.